The summed E-state index contributed by atoms with van der Waals surface area (Å²) in [7, 11) is 2.21. The van der Waals surface area contributed by atoms with Crippen LogP contribution in [-0.4, -0.2) is 23.0 Å². The average Bonchev–Trinajstić information content (AvgIpc) is 2.32. The second-order valence-electron chi connectivity index (χ2n) is 6.39. The van der Waals surface area contributed by atoms with Crippen molar-refractivity contribution in [2.75, 3.05) is 12.8 Å². The first kappa shape index (κ1) is 13.3. The Morgan fingerprint density at radius 1 is 1.33 bits per heavy atom. The van der Waals surface area contributed by atoms with E-state index in [0.717, 1.165) is 17.9 Å². The van der Waals surface area contributed by atoms with Crippen LogP contribution in [0.3, 0.4) is 0 Å². The van der Waals surface area contributed by atoms with Crippen LogP contribution in [0.4, 0.5) is 5.69 Å². The van der Waals surface area contributed by atoms with Crippen molar-refractivity contribution >= 4 is 5.69 Å². The Labute approximate surface area is 110 Å². The Kier molecular flexibility index (Phi) is 3.91. The molecule has 0 atom stereocenters. The predicted octanol–water partition coefficient (Wildman–Crippen LogP) is 3.06. The van der Waals surface area contributed by atoms with E-state index in [1.807, 2.05) is 12.1 Å². The van der Waals surface area contributed by atoms with Gasteiger partial charge in [-0.05, 0) is 50.3 Å². The fourth-order valence-electron chi connectivity index (χ4n) is 2.74. The lowest BCUT2D eigenvalue weighted by atomic mass is 9.75. The largest absolute Gasteiger partial charge is 0.397 e. The molecule has 1 saturated carbocycles. The third-order valence-electron chi connectivity index (χ3n) is 4.19. The van der Waals surface area contributed by atoms with E-state index >= 15 is 0 Å². The van der Waals surface area contributed by atoms with Crippen molar-refractivity contribution in [3.05, 3.63) is 24.0 Å². The van der Waals surface area contributed by atoms with Crippen LogP contribution in [0.5, 0.6) is 0 Å². The van der Waals surface area contributed by atoms with Crippen LogP contribution >= 0.6 is 0 Å². The van der Waals surface area contributed by atoms with Crippen LogP contribution in [-0.2, 0) is 6.54 Å². The van der Waals surface area contributed by atoms with E-state index in [1.54, 1.807) is 6.20 Å². The Bertz CT molecular complexity index is 373. The molecule has 0 amide bonds. The van der Waals surface area contributed by atoms with Gasteiger partial charge in [0.2, 0.25) is 0 Å². The highest BCUT2D eigenvalue weighted by Gasteiger charge is 2.28. The molecule has 0 bridgehead atoms. The molecule has 1 aliphatic rings. The Morgan fingerprint density at radius 3 is 2.56 bits per heavy atom. The number of nitrogen functional groups attached to an aromatic ring is 1. The summed E-state index contributed by atoms with van der Waals surface area (Å²) in [6.45, 7) is 5.68. The van der Waals surface area contributed by atoms with Gasteiger partial charge in [-0.2, -0.15) is 0 Å². The highest BCUT2D eigenvalue weighted by atomic mass is 15.1. The molecule has 100 valence electrons. The molecule has 0 radical (unpaired) electrons. The Balaban J connectivity index is 1.89. The normalized spacial score (nSPS) is 20.2. The fraction of sp³-hybridized carbons (Fsp3) is 0.667. The molecule has 0 aliphatic heterocycles. The summed E-state index contributed by atoms with van der Waals surface area (Å²) in [6, 6.07) is 4.66. The first-order chi connectivity index (χ1) is 8.46. The highest BCUT2D eigenvalue weighted by molar-refractivity contribution is 5.34. The molecule has 3 nitrogen and oxygen atoms in total. The van der Waals surface area contributed by atoms with Crippen molar-refractivity contribution in [3.63, 3.8) is 0 Å². The van der Waals surface area contributed by atoms with Crippen LogP contribution in [0.1, 0.15) is 45.2 Å². The van der Waals surface area contributed by atoms with Crippen molar-refractivity contribution < 1.29 is 0 Å². The van der Waals surface area contributed by atoms with E-state index in [0.29, 0.717) is 11.5 Å². The first-order valence-corrected chi connectivity index (χ1v) is 6.87. The molecule has 3 heteroatoms. The molecule has 1 aromatic heterocycles. The summed E-state index contributed by atoms with van der Waals surface area (Å²) < 4.78 is 0. The van der Waals surface area contributed by atoms with E-state index in [4.69, 9.17) is 5.73 Å². The number of anilines is 1. The van der Waals surface area contributed by atoms with Gasteiger partial charge in [-0.25, -0.2) is 0 Å². The molecule has 1 fully saturated rings. The molecule has 1 aliphatic carbocycles. The van der Waals surface area contributed by atoms with Gasteiger partial charge in [-0.1, -0.05) is 13.8 Å². The van der Waals surface area contributed by atoms with E-state index in [9.17, 15) is 0 Å². The van der Waals surface area contributed by atoms with Gasteiger partial charge >= 0.3 is 0 Å². The van der Waals surface area contributed by atoms with E-state index < -0.39 is 0 Å². The first-order valence-electron chi connectivity index (χ1n) is 6.87. The SMILES string of the molecule is CN(Cc1ccc(N)cn1)C1CCC(C)(C)CC1. The summed E-state index contributed by atoms with van der Waals surface area (Å²) >= 11 is 0. The summed E-state index contributed by atoms with van der Waals surface area (Å²) in [5.74, 6) is 0. The van der Waals surface area contributed by atoms with Gasteiger partial charge in [0.15, 0.2) is 0 Å². The van der Waals surface area contributed by atoms with Crippen molar-refractivity contribution in [2.45, 2.75) is 52.1 Å². The van der Waals surface area contributed by atoms with Gasteiger partial charge in [0, 0.05) is 12.6 Å². The maximum Gasteiger partial charge on any atom is 0.0545 e. The second kappa shape index (κ2) is 5.27. The smallest absolute Gasteiger partial charge is 0.0545 e. The minimum absolute atomic E-state index is 0.538. The minimum Gasteiger partial charge on any atom is -0.397 e. The maximum atomic E-state index is 5.65. The van der Waals surface area contributed by atoms with Crippen molar-refractivity contribution in [1.29, 1.82) is 0 Å². The molecule has 0 saturated heterocycles. The lowest BCUT2D eigenvalue weighted by Gasteiger charge is -2.38. The minimum atomic E-state index is 0.538. The number of rotatable bonds is 3. The topological polar surface area (TPSA) is 42.1 Å². The van der Waals surface area contributed by atoms with Crippen LogP contribution in [0, 0.1) is 5.41 Å². The number of nitrogens with two attached hydrogens (primary N) is 1. The van der Waals surface area contributed by atoms with E-state index in [-0.39, 0.29) is 0 Å². The maximum absolute atomic E-state index is 5.65. The van der Waals surface area contributed by atoms with Gasteiger partial charge < -0.3 is 5.73 Å². The van der Waals surface area contributed by atoms with Gasteiger partial charge in [-0.3, -0.25) is 9.88 Å². The van der Waals surface area contributed by atoms with Crippen LogP contribution in [0.2, 0.25) is 0 Å². The monoisotopic (exact) mass is 247 g/mol. The van der Waals surface area contributed by atoms with Gasteiger partial charge in [-0.15, -0.1) is 0 Å². The second-order valence-corrected chi connectivity index (χ2v) is 6.39. The lowest BCUT2D eigenvalue weighted by molar-refractivity contribution is 0.122. The van der Waals surface area contributed by atoms with Gasteiger partial charge in [0.05, 0.1) is 17.6 Å². The molecule has 0 spiro atoms. The van der Waals surface area contributed by atoms with Crippen LogP contribution in [0.15, 0.2) is 18.3 Å². The summed E-state index contributed by atoms with van der Waals surface area (Å²) in [4.78, 5) is 6.81. The summed E-state index contributed by atoms with van der Waals surface area (Å²) in [5.41, 5.74) is 8.04. The molecule has 18 heavy (non-hydrogen) atoms. The number of pyridine rings is 1. The van der Waals surface area contributed by atoms with Gasteiger partial charge in [0.25, 0.3) is 0 Å². The van der Waals surface area contributed by atoms with Gasteiger partial charge in [0.1, 0.15) is 0 Å². The van der Waals surface area contributed by atoms with E-state index in [2.05, 4.69) is 30.8 Å². The molecule has 2 N–H and O–H groups in total. The lowest BCUT2D eigenvalue weighted by Crippen LogP contribution is -2.36. The summed E-state index contributed by atoms with van der Waals surface area (Å²) in [6.07, 6.45) is 7.01. The third-order valence-corrected chi connectivity index (χ3v) is 4.19. The molecule has 2 rings (SSSR count). The van der Waals surface area contributed by atoms with Crippen LogP contribution < -0.4 is 5.73 Å². The van der Waals surface area contributed by atoms with E-state index in [1.165, 1.54) is 25.7 Å². The number of hydrogen-bond donors (Lipinski definition) is 1. The molecule has 1 heterocycles. The van der Waals surface area contributed by atoms with Crippen LogP contribution in [0.25, 0.3) is 0 Å². The average molecular weight is 247 g/mol. The molecule has 1 aromatic rings. The zero-order valence-electron chi connectivity index (χ0n) is 11.8. The Hall–Kier alpha value is -1.09. The Morgan fingerprint density at radius 2 is 2.00 bits per heavy atom. The molecule has 0 aromatic carbocycles. The van der Waals surface area contributed by atoms with Crippen molar-refractivity contribution in [3.8, 4) is 0 Å². The quantitative estimate of drug-likeness (QED) is 0.892. The zero-order chi connectivity index (χ0) is 13.2. The third kappa shape index (κ3) is 3.45. The molecular formula is C15H25N3. The molecular weight excluding hydrogens is 222 g/mol. The fourth-order valence-corrected chi connectivity index (χ4v) is 2.74. The highest BCUT2D eigenvalue weighted by Crippen LogP contribution is 2.36. The molecule has 0 unspecified atom stereocenters. The number of nitrogens with zero attached hydrogens (tertiary/aromatic N) is 2. The van der Waals surface area contributed by atoms with Crippen molar-refractivity contribution in [2.24, 2.45) is 5.41 Å². The predicted molar refractivity (Wildman–Crippen MR) is 76.2 cm³/mol. The summed E-state index contributed by atoms with van der Waals surface area (Å²) in [5, 5.41) is 0. The number of aromatic nitrogens is 1. The zero-order valence-corrected chi connectivity index (χ0v) is 11.8. The standard InChI is InChI=1S/C15H25N3/c1-15(2)8-6-14(7-9-15)18(3)11-13-5-4-12(16)10-17-13/h4-5,10,14H,6-9,11,16H2,1-3H3. The van der Waals surface area contributed by atoms with Crippen molar-refractivity contribution in [1.82, 2.24) is 9.88 Å². The number of hydrogen-bond acceptors (Lipinski definition) is 3.